The van der Waals surface area contributed by atoms with Gasteiger partial charge in [0.2, 0.25) is 11.8 Å². The van der Waals surface area contributed by atoms with Gasteiger partial charge in [-0.2, -0.15) is 0 Å². The van der Waals surface area contributed by atoms with Gasteiger partial charge in [-0.15, -0.1) is 0 Å². The Labute approximate surface area is 254 Å². The van der Waals surface area contributed by atoms with Gasteiger partial charge in [-0.1, -0.05) is 54.8 Å². The number of hydrogen-bond donors (Lipinski definition) is 1. The maximum absolute atomic E-state index is 14.2. The molecule has 230 valence electrons. The van der Waals surface area contributed by atoms with Gasteiger partial charge < -0.3 is 19.7 Å². The topological polar surface area (TPSA) is 105 Å². The molecular formula is C33H41N3O6S. The van der Waals surface area contributed by atoms with Gasteiger partial charge in [-0.3, -0.25) is 13.9 Å². The first-order valence-electron chi connectivity index (χ1n) is 14.7. The zero-order valence-electron chi connectivity index (χ0n) is 25.3. The number of carbonyl (C=O) groups excluding carboxylic acids is 2. The van der Waals surface area contributed by atoms with Crippen molar-refractivity contribution in [3.05, 3.63) is 83.9 Å². The Hall–Kier alpha value is -4.05. The molecule has 0 heterocycles. The van der Waals surface area contributed by atoms with E-state index in [9.17, 15) is 18.0 Å². The Morgan fingerprint density at radius 1 is 0.977 bits per heavy atom. The van der Waals surface area contributed by atoms with E-state index >= 15 is 0 Å². The molecule has 4 rings (SSSR count). The highest BCUT2D eigenvalue weighted by Gasteiger charge is 2.34. The summed E-state index contributed by atoms with van der Waals surface area (Å²) in [7, 11) is -2.63. The lowest BCUT2D eigenvalue weighted by Crippen LogP contribution is -2.52. The SMILES string of the molecule is CCOc1ccccc1N(CC(=O)N(Cc1ccc(OC)cc1)C(C)C(=O)NC1CCCC1)S(=O)(=O)c1ccc(C)cc1. The van der Waals surface area contributed by atoms with Crippen LogP contribution >= 0.6 is 0 Å². The zero-order valence-corrected chi connectivity index (χ0v) is 26.1. The molecule has 1 unspecified atom stereocenters. The molecule has 0 bridgehead atoms. The van der Waals surface area contributed by atoms with E-state index in [1.165, 1.54) is 17.0 Å². The Morgan fingerprint density at radius 3 is 2.26 bits per heavy atom. The lowest BCUT2D eigenvalue weighted by molar-refractivity contribution is -0.139. The van der Waals surface area contributed by atoms with Crippen molar-refractivity contribution in [2.24, 2.45) is 0 Å². The summed E-state index contributed by atoms with van der Waals surface area (Å²) in [6, 6.07) is 19.7. The van der Waals surface area contributed by atoms with Crippen molar-refractivity contribution in [2.45, 2.75) is 70.0 Å². The van der Waals surface area contributed by atoms with Gasteiger partial charge in [-0.05, 0) is 75.6 Å². The molecule has 0 saturated heterocycles. The number of aryl methyl sites for hydroxylation is 1. The maximum atomic E-state index is 14.2. The number of carbonyl (C=O) groups is 2. The second kappa shape index (κ2) is 14.4. The Kier molecular flexibility index (Phi) is 10.7. The van der Waals surface area contributed by atoms with E-state index in [0.717, 1.165) is 41.1 Å². The highest BCUT2D eigenvalue weighted by atomic mass is 32.2. The van der Waals surface area contributed by atoms with Crippen LogP contribution in [0, 0.1) is 6.92 Å². The van der Waals surface area contributed by atoms with Gasteiger partial charge >= 0.3 is 0 Å². The first kappa shape index (κ1) is 31.9. The second-order valence-corrected chi connectivity index (χ2v) is 12.6. The van der Waals surface area contributed by atoms with Crippen LogP contribution < -0.4 is 19.1 Å². The van der Waals surface area contributed by atoms with Crippen LogP contribution in [-0.2, 0) is 26.2 Å². The predicted octanol–water partition coefficient (Wildman–Crippen LogP) is 5.07. The fourth-order valence-corrected chi connectivity index (χ4v) is 6.62. The molecule has 1 fully saturated rings. The van der Waals surface area contributed by atoms with Gasteiger partial charge in [0.05, 0.1) is 24.3 Å². The van der Waals surface area contributed by atoms with Gasteiger partial charge in [0.25, 0.3) is 10.0 Å². The summed E-state index contributed by atoms with van der Waals surface area (Å²) in [6.07, 6.45) is 3.92. The summed E-state index contributed by atoms with van der Waals surface area (Å²) >= 11 is 0. The summed E-state index contributed by atoms with van der Waals surface area (Å²) in [5.74, 6) is 0.210. The largest absolute Gasteiger partial charge is 0.497 e. The minimum absolute atomic E-state index is 0.0472. The van der Waals surface area contributed by atoms with Crippen molar-refractivity contribution < 1.29 is 27.5 Å². The van der Waals surface area contributed by atoms with E-state index in [-0.39, 0.29) is 29.1 Å². The van der Waals surface area contributed by atoms with Crippen LogP contribution in [0.1, 0.15) is 50.7 Å². The molecule has 3 aromatic rings. The number of nitrogens with one attached hydrogen (secondary N) is 1. The predicted molar refractivity (Wildman–Crippen MR) is 167 cm³/mol. The number of ether oxygens (including phenoxy) is 2. The van der Waals surface area contributed by atoms with Crippen molar-refractivity contribution in [1.29, 1.82) is 0 Å². The Morgan fingerprint density at radius 2 is 1.63 bits per heavy atom. The number of sulfonamides is 1. The third-order valence-corrected chi connectivity index (χ3v) is 9.48. The summed E-state index contributed by atoms with van der Waals surface area (Å²) in [6.45, 7) is 5.24. The Balaban J connectivity index is 1.72. The van der Waals surface area contributed by atoms with Crippen LogP contribution in [0.3, 0.4) is 0 Å². The van der Waals surface area contributed by atoms with Crippen LogP contribution in [-0.4, -0.2) is 57.5 Å². The van der Waals surface area contributed by atoms with E-state index < -0.39 is 28.5 Å². The molecule has 1 N–H and O–H groups in total. The molecule has 0 radical (unpaired) electrons. The van der Waals surface area contributed by atoms with Crippen LogP contribution in [0.15, 0.2) is 77.7 Å². The highest BCUT2D eigenvalue weighted by Crippen LogP contribution is 2.33. The number of amides is 2. The minimum atomic E-state index is -4.20. The first-order valence-corrected chi connectivity index (χ1v) is 16.1. The third kappa shape index (κ3) is 7.87. The van der Waals surface area contributed by atoms with Gasteiger partial charge in [-0.25, -0.2) is 8.42 Å². The number of rotatable bonds is 13. The fourth-order valence-electron chi connectivity index (χ4n) is 5.19. The third-order valence-electron chi connectivity index (χ3n) is 7.70. The van der Waals surface area contributed by atoms with Crippen molar-refractivity contribution in [2.75, 3.05) is 24.6 Å². The molecule has 10 heteroatoms. The fraction of sp³-hybridized carbons (Fsp3) is 0.394. The summed E-state index contributed by atoms with van der Waals surface area (Å²) < 4.78 is 40.4. The van der Waals surface area contributed by atoms with E-state index in [4.69, 9.17) is 9.47 Å². The smallest absolute Gasteiger partial charge is 0.264 e. The van der Waals surface area contributed by atoms with Crippen molar-refractivity contribution in [3.8, 4) is 11.5 Å². The molecule has 2 amide bonds. The normalized spacial score (nSPS) is 14.1. The average molecular weight is 608 g/mol. The average Bonchev–Trinajstić information content (AvgIpc) is 3.52. The number of hydrogen-bond acceptors (Lipinski definition) is 6. The van der Waals surface area contributed by atoms with Gasteiger partial charge in [0.15, 0.2) is 0 Å². The van der Waals surface area contributed by atoms with Crippen LogP contribution in [0.2, 0.25) is 0 Å². The molecule has 9 nitrogen and oxygen atoms in total. The molecule has 1 aliphatic rings. The number of para-hydroxylation sites is 2. The molecular weight excluding hydrogens is 566 g/mol. The lowest BCUT2D eigenvalue weighted by atomic mass is 10.1. The molecule has 0 spiro atoms. The Bertz CT molecular complexity index is 1490. The standard InChI is InChI=1S/C33H41N3O6S/c1-5-42-31-13-9-8-12-30(31)36(43(39,40)29-20-14-24(2)15-21-29)23-32(37)35(22-26-16-18-28(41-4)19-17-26)25(3)33(38)34-27-10-6-7-11-27/h8-9,12-21,25,27H,5-7,10-11,22-23H2,1-4H3,(H,34,38). The molecule has 1 atom stereocenters. The zero-order chi connectivity index (χ0) is 31.0. The molecule has 1 aliphatic carbocycles. The van der Waals surface area contributed by atoms with Crippen molar-refractivity contribution in [1.82, 2.24) is 10.2 Å². The number of benzene rings is 3. The van der Waals surface area contributed by atoms with Crippen molar-refractivity contribution >= 4 is 27.5 Å². The van der Waals surface area contributed by atoms with E-state index in [1.807, 2.05) is 26.0 Å². The monoisotopic (exact) mass is 607 g/mol. The number of anilines is 1. The van der Waals surface area contributed by atoms with Crippen LogP contribution in [0.5, 0.6) is 11.5 Å². The molecule has 43 heavy (non-hydrogen) atoms. The number of methoxy groups -OCH3 is 1. The second-order valence-electron chi connectivity index (χ2n) is 10.8. The minimum Gasteiger partial charge on any atom is -0.497 e. The summed E-state index contributed by atoms with van der Waals surface area (Å²) in [4.78, 5) is 29.1. The maximum Gasteiger partial charge on any atom is 0.264 e. The molecule has 0 aromatic heterocycles. The molecule has 1 saturated carbocycles. The van der Waals surface area contributed by atoms with E-state index in [1.54, 1.807) is 62.6 Å². The summed E-state index contributed by atoms with van der Waals surface area (Å²) in [5.41, 5.74) is 1.92. The first-order chi connectivity index (χ1) is 20.6. The molecule has 3 aromatic carbocycles. The summed E-state index contributed by atoms with van der Waals surface area (Å²) in [5, 5.41) is 3.09. The number of nitrogens with zero attached hydrogens (tertiary/aromatic N) is 2. The van der Waals surface area contributed by atoms with Gasteiger partial charge in [0.1, 0.15) is 24.1 Å². The highest BCUT2D eigenvalue weighted by molar-refractivity contribution is 7.92. The van der Waals surface area contributed by atoms with Crippen molar-refractivity contribution in [3.63, 3.8) is 0 Å². The molecule has 0 aliphatic heterocycles. The van der Waals surface area contributed by atoms with Crippen LogP contribution in [0.25, 0.3) is 0 Å². The van der Waals surface area contributed by atoms with Gasteiger partial charge in [0, 0.05) is 12.6 Å². The van der Waals surface area contributed by atoms with E-state index in [2.05, 4.69) is 5.32 Å². The van der Waals surface area contributed by atoms with E-state index in [0.29, 0.717) is 18.1 Å². The quantitative estimate of drug-likeness (QED) is 0.291. The lowest BCUT2D eigenvalue weighted by Gasteiger charge is -2.33. The van der Waals surface area contributed by atoms with Crippen LogP contribution in [0.4, 0.5) is 5.69 Å².